The van der Waals surface area contributed by atoms with E-state index in [0.29, 0.717) is 25.3 Å². The molecule has 1 aromatic carbocycles. The van der Waals surface area contributed by atoms with Gasteiger partial charge in [0.1, 0.15) is 0 Å². The van der Waals surface area contributed by atoms with Crippen molar-refractivity contribution in [2.75, 3.05) is 25.6 Å². The number of pyridine rings is 1. The van der Waals surface area contributed by atoms with Crippen molar-refractivity contribution >= 4 is 5.69 Å². The standard InChI is InChI=1S/C20H24N2O4/c1-12-16(21-11-14-4-3-7-26-14)10-19(24)22-6-5-13-8-17(23)18(25-2)9-15(13)20(12)22/h8-10,14,21,23H,3-7,11H2,1-2H3. The number of hydrogen-bond acceptors (Lipinski definition) is 5. The van der Waals surface area contributed by atoms with Gasteiger partial charge in [0.2, 0.25) is 0 Å². The minimum atomic E-state index is -0.0156. The summed E-state index contributed by atoms with van der Waals surface area (Å²) in [5, 5.41) is 13.5. The summed E-state index contributed by atoms with van der Waals surface area (Å²) in [5.41, 5.74) is 4.72. The highest BCUT2D eigenvalue weighted by Gasteiger charge is 2.24. The molecule has 6 heteroatoms. The first-order valence-electron chi connectivity index (χ1n) is 9.08. The zero-order valence-corrected chi connectivity index (χ0v) is 15.2. The van der Waals surface area contributed by atoms with Gasteiger partial charge in [0.15, 0.2) is 11.5 Å². The Labute approximate surface area is 152 Å². The van der Waals surface area contributed by atoms with Crippen molar-refractivity contribution in [2.24, 2.45) is 0 Å². The Morgan fingerprint density at radius 3 is 2.96 bits per heavy atom. The number of nitrogens with zero attached hydrogens (tertiary/aromatic N) is 1. The first-order chi connectivity index (χ1) is 12.6. The fourth-order valence-corrected chi connectivity index (χ4v) is 3.97. The van der Waals surface area contributed by atoms with Gasteiger partial charge in [-0.05, 0) is 49.4 Å². The lowest BCUT2D eigenvalue weighted by atomic mass is 9.93. The molecule has 0 aliphatic carbocycles. The molecule has 2 aromatic rings. The zero-order chi connectivity index (χ0) is 18.3. The summed E-state index contributed by atoms with van der Waals surface area (Å²) in [6.07, 6.45) is 3.06. The predicted molar refractivity (Wildman–Crippen MR) is 100 cm³/mol. The first kappa shape index (κ1) is 17.0. The first-order valence-corrected chi connectivity index (χ1v) is 9.08. The van der Waals surface area contributed by atoms with Gasteiger partial charge >= 0.3 is 0 Å². The number of anilines is 1. The molecule has 138 valence electrons. The van der Waals surface area contributed by atoms with E-state index in [9.17, 15) is 9.90 Å². The highest BCUT2D eigenvalue weighted by molar-refractivity contribution is 5.76. The summed E-state index contributed by atoms with van der Waals surface area (Å²) >= 11 is 0. The van der Waals surface area contributed by atoms with Crippen LogP contribution in [0.25, 0.3) is 11.3 Å². The second-order valence-electron chi connectivity index (χ2n) is 6.97. The van der Waals surface area contributed by atoms with Gasteiger partial charge in [-0.15, -0.1) is 0 Å². The number of aromatic hydroxyl groups is 1. The van der Waals surface area contributed by atoms with Crippen molar-refractivity contribution in [3.63, 3.8) is 0 Å². The van der Waals surface area contributed by atoms with Crippen molar-refractivity contribution < 1.29 is 14.6 Å². The van der Waals surface area contributed by atoms with Crippen LogP contribution in [0.2, 0.25) is 0 Å². The van der Waals surface area contributed by atoms with Crippen LogP contribution >= 0.6 is 0 Å². The minimum Gasteiger partial charge on any atom is -0.504 e. The van der Waals surface area contributed by atoms with Gasteiger partial charge < -0.3 is 24.5 Å². The number of fused-ring (bicyclic) bond motifs is 3. The number of phenolic OH excluding ortho intramolecular Hbond substituents is 1. The van der Waals surface area contributed by atoms with Crippen LogP contribution in [0.15, 0.2) is 23.0 Å². The lowest BCUT2D eigenvalue weighted by molar-refractivity contribution is 0.120. The maximum Gasteiger partial charge on any atom is 0.253 e. The maximum absolute atomic E-state index is 12.7. The van der Waals surface area contributed by atoms with Crippen LogP contribution in [0, 0.1) is 6.92 Å². The normalized spacial score (nSPS) is 18.3. The average Bonchev–Trinajstić information content (AvgIpc) is 3.15. The highest BCUT2D eigenvalue weighted by atomic mass is 16.5. The molecule has 2 aliphatic heterocycles. The molecule has 1 aromatic heterocycles. The predicted octanol–water partition coefficient (Wildman–Crippen LogP) is 2.68. The zero-order valence-electron chi connectivity index (χ0n) is 15.2. The molecule has 6 nitrogen and oxygen atoms in total. The Morgan fingerprint density at radius 2 is 2.23 bits per heavy atom. The van der Waals surface area contributed by atoms with Crippen LogP contribution in [-0.4, -0.2) is 36.0 Å². The number of rotatable bonds is 4. The fraction of sp³-hybridized carbons (Fsp3) is 0.450. The monoisotopic (exact) mass is 356 g/mol. The van der Waals surface area contributed by atoms with E-state index in [-0.39, 0.29) is 17.4 Å². The Morgan fingerprint density at radius 1 is 1.38 bits per heavy atom. The van der Waals surface area contributed by atoms with E-state index < -0.39 is 0 Å². The number of aromatic nitrogens is 1. The van der Waals surface area contributed by atoms with E-state index in [1.165, 1.54) is 7.11 Å². The lowest BCUT2D eigenvalue weighted by Crippen LogP contribution is -2.28. The fourth-order valence-electron chi connectivity index (χ4n) is 3.97. The van der Waals surface area contributed by atoms with Crippen LogP contribution in [0.4, 0.5) is 5.69 Å². The molecule has 1 fully saturated rings. The SMILES string of the molecule is COc1cc2c(cc1O)CCn1c-2c(C)c(NCC2CCCO2)cc1=O. The van der Waals surface area contributed by atoms with Gasteiger partial charge in [-0.3, -0.25) is 4.79 Å². The number of ether oxygens (including phenoxy) is 2. The van der Waals surface area contributed by atoms with Crippen LogP contribution in [0.1, 0.15) is 24.0 Å². The summed E-state index contributed by atoms with van der Waals surface area (Å²) in [6, 6.07) is 5.25. The molecule has 1 unspecified atom stereocenters. The van der Waals surface area contributed by atoms with E-state index >= 15 is 0 Å². The number of benzene rings is 1. The van der Waals surface area contributed by atoms with Crippen molar-refractivity contribution in [2.45, 2.75) is 38.8 Å². The quantitative estimate of drug-likeness (QED) is 0.881. The molecule has 0 spiro atoms. The molecular formula is C20H24N2O4. The van der Waals surface area contributed by atoms with Gasteiger partial charge in [-0.1, -0.05) is 0 Å². The van der Waals surface area contributed by atoms with Crippen molar-refractivity contribution in [3.05, 3.63) is 39.7 Å². The molecule has 26 heavy (non-hydrogen) atoms. The summed E-state index contributed by atoms with van der Waals surface area (Å²) in [5.74, 6) is 0.550. The third-order valence-electron chi connectivity index (χ3n) is 5.37. The largest absolute Gasteiger partial charge is 0.504 e. The smallest absolute Gasteiger partial charge is 0.253 e. The van der Waals surface area contributed by atoms with Gasteiger partial charge in [0.25, 0.3) is 5.56 Å². The van der Waals surface area contributed by atoms with Crippen LogP contribution < -0.4 is 15.6 Å². The molecule has 1 saturated heterocycles. The Bertz CT molecular complexity index is 898. The Hall–Kier alpha value is -2.47. The second-order valence-corrected chi connectivity index (χ2v) is 6.97. The Kier molecular flexibility index (Phi) is 4.36. The van der Waals surface area contributed by atoms with E-state index in [1.54, 1.807) is 12.1 Å². The minimum absolute atomic E-state index is 0.0156. The van der Waals surface area contributed by atoms with E-state index in [1.807, 2.05) is 17.6 Å². The van der Waals surface area contributed by atoms with Crippen LogP contribution in [0.3, 0.4) is 0 Å². The average molecular weight is 356 g/mol. The molecular weight excluding hydrogens is 332 g/mol. The lowest BCUT2D eigenvalue weighted by Gasteiger charge is -2.26. The van der Waals surface area contributed by atoms with Crippen LogP contribution in [-0.2, 0) is 17.7 Å². The van der Waals surface area contributed by atoms with Gasteiger partial charge in [-0.2, -0.15) is 0 Å². The molecule has 1 atom stereocenters. The Balaban J connectivity index is 1.77. The van der Waals surface area contributed by atoms with Crippen molar-refractivity contribution in [3.8, 4) is 22.8 Å². The number of methoxy groups -OCH3 is 1. The third kappa shape index (κ3) is 2.84. The molecule has 0 saturated carbocycles. The molecule has 2 aliphatic rings. The third-order valence-corrected chi connectivity index (χ3v) is 5.37. The van der Waals surface area contributed by atoms with Gasteiger partial charge in [0.05, 0.1) is 18.9 Å². The second kappa shape index (κ2) is 6.68. The van der Waals surface area contributed by atoms with E-state index in [2.05, 4.69) is 5.32 Å². The topological polar surface area (TPSA) is 72.7 Å². The molecule has 0 bridgehead atoms. The van der Waals surface area contributed by atoms with Crippen molar-refractivity contribution in [1.29, 1.82) is 0 Å². The summed E-state index contributed by atoms with van der Waals surface area (Å²) in [6.45, 7) is 4.15. The molecule has 4 rings (SSSR count). The number of nitrogens with one attached hydrogen (secondary N) is 1. The number of phenols is 1. The van der Waals surface area contributed by atoms with E-state index in [4.69, 9.17) is 9.47 Å². The molecule has 0 radical (unpaired) electrons. The molecule has 3 heterocycles. The van der Waals surface area contributed by atoms with Crippen molar-refractivity contribution in [1.82, 2.24) is 4.57 Å². The van der Waals surface area contributed by atoms with Gasteiger partial charge in [0, 0.05) is 37.0 Å². The van der Waals surface area contributed by atoms with E-state index in [0.717, 1.165) is 47.5 Å². The van der Waals surface area contributed by atoms with Gasteiger partial charge in [-0.25, -0.2) is 0 Å². The molecule has 0 amide bonds. The summed E-state index contributed by atoms with van der Waals surface area (Å²) in [7, 11) is 1.53. The number of aryl methyl sites for hydroxylation is 1. The number of hydrogen-bond donors (Lipinski definition) is 2. The van der Waals surface area contributed by atoms with Crippen LogP contribution in [0.5, 0.6) is 11.5 Å². The highest BCUT2D eigenvalue weighted by Crippen LogP contribution is 2.39. The molecule has 2 N–H and O–H groups in total. The summed E-state index contributed by atoms with van der Waals surface area (Å²) in [4.78, 5) is 12.7. The summed E-state index contributed by atoms with van der Waals surface area (Å²) < 4.78 is 12.7. The maximum atomic E-state index is 12.7.